The van der Waals surface area contributed by atoms with Crippen LogP contribution in [0.25, 0.3) is 33.8 Å². The first-order valence-corrected chi connectivity index (χ1v) is 13.2. The van der Waals surface area contributed by atoms with Crippen LogP contribution in [0.2, 0.25) is 0 Å². The van der Waals surface area contributed by atoms with Crippen LogP contribution in [0.5, 0.6) is 0 Å². The molecule has 1 aliphatic rings. The predicted octanol–water partition coefficient (Wildman–Crippen LogP) is 5.22. The summed E-state index contributed by atoms with van der Waals surface area (Å²) >= 11 is 0. The first-order valence-electron chi connectivity index (χ1n) is 13.2. The third-order valence-corrected chi connectivity index (χ3v) is 7.13. The van der Waals surface area contributed by atoms with Crippen molar-refractivity contribution in [3.63, 3.8) is 0 Å². The average Bonchev–Trinajstić information content (AvgIpc) is 3.61. The van der Waals surface area contributed by atoms with Crippen molar-refractivity contribution >= 4 is 39.9 Å². The van der Waals surface area contributed by atoms with Crippen molar-refractivity contribution < 1.29 is 9.59 Å². The van der Waals surface area contributed by atoms with Gasteiger partial charge in [-0.2, -0.15) is 5.10 Å². The maximum Gasteiger partial charge on any atom is 0.323 e. The van der Waals surface area contributed by atoms with Crippen molar-refractivity contribution in [3.8, 4) is 22.8 Å². The number of nitrogens with zero attached hydrogens (tertiary/aromatic N) is 4. The van der Waals surface area contributed by atoms with Gasteiger partial charge in [-0.15, -0.1) is 0 Å². The maximum atomic E-state index is 12.4. The summed E-state index contributed by atoms with van der Waals surface area (Å²) in [5.41, 5.74) is 7.28. The number of likely N-dealkylation sites (N-methyl/N-ethyl adjacent to an activating group) is 1. The van der Waals surface area contributed by atoms with E-state index in [0.29, 0.717) is 16.9 Å². The third-order valence-electron chi connectivity index (χ3n) is 7.13. The number of carbonyl (C=O) groups excluding carboxylic acids is 2. The van der Waals surface area contributed by atoms with Gasteiger partial charge in [-0.3, -0.25) is 9.89 Å². The van der Waals surface area contributed by atoms with Crippen LogP contribution in [-0.4, -0.2) is 70.1 Å². The van der Waals surface area contributed by atoms with Crippen LogP contribution in [0, 0.1) is 0 Å². The van der Waals surface area contributed by atoms with Gasteiger partial charge in [-0.05, 0) is 62.5 Å². The smallest absolute Gasteiger partial charge is 0.323 e. The SMILES string of the molecule is CC(=O)c1cccc(NC(=O)Nc2ccc(-c3cc(-c4nc5ccc(N6CCN(C)CC6)cc5[nH]4)[nH]n3)cc2)c1. The van der Waals surface area contributed by atoms with Gasteiger partial charge in [0.25, 0.3) is 0 Å². The topological polar surface area (TPSA) is 122 Å². The van der Waals surface area contributed by atoms with Crippen molar-refractivity contribution in [2.45, 2.75) is 6.92 Å². The molecule has 0 bridgehead atoms. The van der Waals surface area contributed by atoms with Gasteiger partial charge in [-0.1, -0.05) is 24.3 Å². The van der Waals surface area contributed by atoms with Gasteiger partial charge in [0.1, 0.15) is 5.69 Å². The summed E-state index contributed by atoms with van der Waals surface area (Å²) in [4.78, 5) is 37.0. The van der Waals surface area contributed by atoms with Crippen LogP contribution in [0.15, 0.2) is 72.8 Å². The van der Waals surface area contributed by atoms with E-state index in [2.05, 4.69) is 60.9 Å². The van der Waals surface area contributed by atoms with E-state index in [0.717, 1.165) is 60.0 Å². The zero-order valence-corrected chi connectivity index (χ0v) is 22.4. The zero-order chi connectivity index (χ0) is 27.6. The number of nitrogens with one attached hydrogen (secondary N) is 4. The lowest BCUT2D eigenvalue weighted by molar-refractivity contribution is 0.101. The number of hydrogen-bond acceptors (Lipinski definition) is 6. The molecule has 1 aliphatic heterocycles. The van der Waals surface area contributed by atoms with E-state index in [-0.39, 0.29) is 5.78 Å². The molecule has 0 spiro atoms. The number of urea groups is 1. The number of anilines is 3. The largest absolute Gasteiger partial charge is 0.369 e. The van der Waals surface area contributed by atoms with Gasteiger partial charge in [0, 0.05) is 54.4 Å². The van der Waals surface area contributed by atoms with Crippen LogP contribution in [-0.2, 0) is 0 Å². The van der Waals surface area contributed by atoms with Gasteiger partial charge in [-0.25, -0.2) is 9.78 Å². The number of fused-ring (bicyclic) bond motifs is 1. The Balaban J connectivity index is 1.12. The van der Waals surface area contributed by atoms with E-state index in [4.69, 9.17) is 4.98 Å². The number of Topliss-reactive ketones (excluding diaryl/α,β-unsaturated/α-hetero) is 1. The van der Waals surface area contributed by atoms with Crippen LogP contribution >= 0.6 is 0 Å². The van der Waals surface area contributed by atoms with Crippen LogP contribution in [0.3, 0.4) is 0 Å². The minimum atomic E-state index is -0.392. The van der Waals surface area contributed by atoms with E-state index < -0.39 is 6.03 Å². The summed E-state index contributed by atoms with van der Waals surface area (Å²) in [7, 11) is 2.16. The molecule has 6 rings (SSSR count). The number of aromatic nitrogens is 4. The number of amides is 2. The van der Waals surface area contributed by atoms with Gasteiger partial charge in [0.15, 0.2) is 11.6 Å². The number of aromatic amines is 2. The Labute approximate surface area is 231 Å². The van der Waals surface area contributed by atoms with E-state index in [9.17, 15) is 9.59 Å². The van der Waals surface area contributed by atoms with Crippen molar-refractivity contribution in [3.05, 3.63) is 78.4 Å². The highest BCUT2D eigenvalue weighted by Gasteiger charge is 2.16. The van der Waals surface area contributed by atoms with Crippen LogP contribution in [0.4, 0.5) is 21.9 Å². The lowest BCUT2D eigenvalue weighted by atomic mass is 10.1. The number of ketones is 1. The molecule has 5 aromatic rings. The molecule has 1 saturated heterocycles. The van der Waals surface area contributed by atoms with Crippen molar-refractivity contribution in [1.29, 1.82) is 0 Å². The van der Waals surface area contributed by atoms with E-state index >= 15 is 0 Å². The van der Waals surface area contributed by atoms with E-state index in [1.54, 1.807) is 24.3 Å². The molecule has 10 nitrogen and oxygen atoms in total. The minimum Gasteiger partial charge on any atom is -0.369 e. The molecule has 40 heavy (non-hydrogen) atoms. The normalized spacial score (nSPS) is 13.9. The second-order valence-electron chi connectivity index (χ2n) is 10.0. The molecule has 2 amide bonds. The predicted molar refractivity (Wildman–Crippen MR) is 158 cm³/mol. The first-order chi connectivity index (χ1) is 19.4. The molecule has 3 heterocycles. The molecule has 0 atom stereocenters. The fourth-order valence-electron chi connectivity index (χ4n) is 4.81. The number of carbonyl (C=O) groups is 2. The summed E-state index contributed by atoms with van der Waals surface area (Å²) < 4.78 is 0. The number of rotatable bonds is 6. The molecule has 4 N–H and O–H groups in total. The molecule has 2 aromatic heterocycles. The number of imidazole rings is 1. The Morgan fingerprint density at radius 2 is 1.65 bits per heavy atom. The van der Waals surface area contributed by atoms with Gasteiger partial charge in [0.05, 0.1) is 16.7 Å². The Morgan fingerprint density at radius 1 is 0.875 bits per heavy atom. The van der Waals surface area contributed by atoms with E-state index in [1.807, 2.05) is 30.3 Å². The molecule has 0 radical (unpaired) electrons. The summed E-state index contributed by atoms with van der Waals surface area (Å²) in [6.07, 6.45) is 0. The lowest BCUT2D eigenvalue weighted by Gasteiger charge is -2.34. The Kier molecular flexibility index (Phi) is 6.75. The highest BCUT2D eigenvalue weighted by molar-refractivity contribution is 6.01. The molecule has 0 unspecified atom stereocenters. The average molecular weight is 535 g/mol. The first kappa shape index (κ1) is 25.3. The highest BCUT2D eigenvalue weighted by atomic mass is 16.2. The molecule has 0 aliphatic carbocycles. The molecular weight excluding hydrogens is 504 g/mol. The monoisotopic (exact) mass is 534 g/mol. The highest BCUT2D eigenvalue weighted by Crippen LogP contribution is 2.27. The number of hydrogen-bond donors (Lipinski definition) is 4. The number of H-pyrrole nitrogens is 2. The molecule has 0 saturated carbocycles. The summed E-state index contributed by atoms with van der Waals surface area (Å²) in [5, 5.41) is 13.1. The van der Waals surface area contributed by atoms with Crippen molar-refractivity contribution in [1.82, 2.24) is 25.1 Å². The molecule has 1 fully saturated rings. The second-order valence-corrected chi connectivity index (χ2v) is 10.0. The molecule has 202 valence electrons. The fourth-order valence-corrected chi connectivity index (χ4v) is 4.81. The van der Waals surface area contributed by atoms with E-state index in [1.165, 1.54) is 12.6 Å². The minimum absolute atomic E-state index is 0.0585. The summed E-state index contributed by atoms with van der Waals surface area (Å²) in [6, 6.07) is 22.2. The molecule has 10 heteroatoms. The quantitative estimate of drug-likeness (QED) is 0.222. The molecule has 3 aromatic carbocycles. The molecular formula is C30H30N8O2. The van der Waals surface area contributed by atoms with Crippen LogP contribution in [0.1, 0.15) is 17.3 Å². The fraction of sp³-hybridized carbons (Fsp3) is 0.200. The van der Waals surface area contributed by atoms with Crippen LogP contribution < -0.4 is 15.5 Å². The number of benzene rings is 3. The van der Waals surface area contributed by atoms with Gasteiger partial charge >= 0.3 is 6.03 Å². The lowest BCUT2D eigenvalue weighted by Crippen LogP contribution is -2.44. The number of piperazine rings is 1. The van der Waals surface area contributed by atoms with Crippen molar-refractivity contribution in [2.75, 3.05) is 48.8 Å². The Morgan fingerprint density at radius 3 is 2.42 bits per heavy atom. The maximum absolute atomic E-state index is 12.4. The van der Waals surface area contributed by atoms with Crippen molar-refractivity contribution in [2.24, 2.45) is 0 Å². The standard InChI is InChI=1S/C30H30N8O2/c1-19(39)21-4-3-5-23(16-21)32-30(40)31-22-8-6-20(7-9-22)26-18-28(36-35-26)29-33-25-11-10-24(17-27(25)34-29)38-14-12-37(2)13-15-38/h3-11,16-18H,12-15H2,1-2H3,(H,33,34)(H,35,36)(H2,31,32,40). The van der Waals surface area contributed by atoms with Gasteiger partial charge in [0.2, 0.25) is 0 Å². The summed E-state index contributed by atoms with van der Waals surface area (Å²) in [6.45, 7) is 5.64. The van der Waals surface area contributed by atoms with Gasteiger partial charge < -0.3 is 25.4 Å². The summed E-state index contributed by atoms with van der Waals surface area (Å²) in [5.74, 6) is 0.671. The Hall–Kier alpha value is -4.96. The second kappa shape index (κ2) is 10.7. The Bertz CT molecular complexity index is 1680. The zero-order valence-electron chi connectivity index (χ0n) is 22.4. The third kappa shape index (κ3) is 5.43.